The first kappa shape index (κ1) is 21.5. The number of piperazine rings is 1. The number of halogens is 3. The van der Waals surface area contributed by atoms with Crippen molar-refractivity contribution in [3.8, 4) is 0 Å². The standard InChI is InChI=1S/C19H21F3N6O2S/c1-25-14-13(15(29)26(2)18(25)30)28(17(24-14)27-9-7-23-8-10-27)16(31)11-5-3-4-6-12(11)19(20,21)22/h3-6,16,23,31H,7-10H2,1-2H3. The van der Waals surface area contributed by atoms with Crippen molar-refractivity contribution in [2.24, 2.45) is 14.1 Å². The van der Waals surface area contributed by atoms with Gasteiger partial charge in [0.25, 0.3) is 5.56 Å². The van der Waals surface area contributed by atoms with E-state index in [9.17, 15) is 22.8 Å². The number of thiol groups is 1. The Morgan fingerprint density at radius 3 is 2.39 bits per heavy atom. The van der Waals surface area contributed by atoms with E-state index in [1.807, 2.05) is 4.90 Å². The third-order valence-corrected chi connectivity index (χ3v) is 5.97. The summed E-state index contributed by atoms with van der Waals surface area (Å²) < 4.78 is 44.6. The van der Waals surface area contributed by atoms with Crippen LogP contribution in [0.15, 0.2) is 33.9 Å². The van der Waals surface area contributed by atoms with Gasteiger partial charge >= 0.3 is 11.9 Å². The van der Waals surface area contributed by atoms with Crippen LogP contribution in [-0.4, -0.2) is 44.9 Å². The van der Waals surface area contributed by atoms with Gasteiger partial charge in [-0.1, -0.05) is 18.2 Å². The van der Waals surface area contributed by atoms with Gasteiger partial charge in [0, 0.05) is 40.3 Å². The zero-order chi connectivity index (χ0) is 22.5. The van der Waals surface area contributed by atoms with Crippen LogP contribution < -0.4 is 21.5 Å². The van der Waals surface area contributed by atoms with E-state index in [4.69, 9.17) is 0 Å². The molecule has 3 aromatic rings. The summed E-state index contributed by atoms with van der Waals surface area (Å²) in [5.41, 5.74) is -2.04. The number of hydrogen-bond donors (Lipinski definition) is 2. The number of nitrogens with zero attached hydrogens (tertiary/aromatic N) is 5. The molecule has 2 aromatic heterocycles. The maximum Gasteiger partial charge on any atom is 0.416 e. The minimum atomic E-state index is -4.60. The van der Waals surface area contributed by atoms with Gasteiger partial charge in [0.1, 0.15) is 5.37 Å². The Kier molecular flexibility index (Phi) is 5.38. The van der Waals surface area contributed by atoms with Crippen LogP contribution in [-0.2, 0) is 20.3 Å². The van der Waals surface area contributed by atoms with Crippen LogP contribution in [0, 0.1) is 0 Å². The van der Waals surface area contributed by atoms with Crippen LogP contribution in [0.5, 0.6) is 0 Å². The van der Waals surface area contributed by atoms with Gasteiger partial charge in [-0.25, -0.2) is 4.79 Å². The molecule has 0 spiro atoms. The Morgan fingerprint density at radius 1 is 1.10 bits per heavy atom. The van der Waals surface area contributed by atoms with Gasteiger partial charge in [-0.3, -0.25) is 18.5 Å². The van der Waals surface area contributed by atoms with Crippen molar-refractivity contribution in [3.05, 3.63) is 56.2 Å². The highest BCUT2D eigenvalue weighted by Crippen LogP contribution is 2.39. The van der Waals surface area contributed by atoms with Crippen molar-refractivity contribution in [2.45, 2.75) is 11.6 Å². The molecule has 0 radical (unpaired) electrons. The van der Waals surface area contributed by atoms with E-state index in [0.29, 0.717) is 32.1 Å². The molecule has 1 aliphatic heterocycles. The monoisotopic (exact) mass is 454 g/mol. The van der Waals surface area contributed by atoms with E-state index >= 15 is 0 Å². The summed E-state index contributed by atoms with van der Waals surface area (Å²) in [7, 11) is 2.79. The highest BCUT2D eigenvalue weighted by Gasteiger charge is 2.36. The van der Waals surface area contributed by atoms with Crippen molar-refractivity contribution >= 4 is 29.7 Å². The van der Waals surface area contributed by atoms with Crippen LogP contribution in [0.4, 0.5) is 19.1 Å². The van der Waals surface area contributed by atoms with Crippen LogP contribution in [0.3, 0.4) is 0 Å². The van der Waals surface area contributed by atoms with E-state index < -0.39 is 28.4 Å². The molecule has 8 nitrogen and oxygen atoms in total. The van der Waals surface area contributed by atoms with Crippen molar-refractivity contribution in [1.29, 1.82) is 0 Å². The van der Waals surface area contributed by atoms with Crippen LogP contribution >= 0.6 is 12.6 Å². The lowest BCUT2D eigenvalue weighted by Crippen LogP contribution is -2.45. The second-order valence-electron chi connectivity index (χ2n) is 7.36. The third kappa shape index (κ3) is 3.53. The first-order chi connectivity index (χ1) is 14.6. The Hall–Kier alpha value is -2.73. The maximum atomic E-state index is 13.7. The number of alkyl halides is 3. The molecule has 31 heavy (non-hydrogen) atoms. The largest absolute Gasteiger partial charge is 0.416 e. The predicted octanol–water partition coefficient (Wildman–Crippen LogP) is 1.34. The number of benzene rings is 1. The van der Waals surface area contributed by atoms with E-state index in [1.165, 1.54) is 41.4 Å². The van der Waals surface area contributed by atoms with Crippen LogP contribution in [0.25, 0.3) is 11.2 Å². The lowest BCUT2D eigenvalue weighted by atomic mass is 10.1. The molecular formula is C19H21F3N6O2S. The van der Waals surface area contributed by atoms with Gasteiger partial charge in [-0.2, -0.15) is 18.2 Å². The lowest BCUT2D eigenvalue weighted by molar-refractivity contribution is -0.138. The molecule has 1 N–H and O–H groups in total. The van der Waals surface area contributed by atoms with E-state index in [2.05, 4.69) is 22.9 Å². The Balaban J connectivity index is 2.05. The lowest BCUT2D eigenvalue weighted by Gasteiger charge is -2.30. The average Bonchev–Trinajstić information content (AvgIpc) is 3.16. The van der Waals surface area contributed by atoms with Crippen LogP contribution in [0.1, 0.15) is 16.5 Å². The SMILES string of the molecule is Cn1c(=O)c2c(nc(N3CCNCC3)n2C(S)c2ccccc2C(F)(F)F)n(C)c1=O. The van der Waals surface area contributed by atoms with Gasteiger partial charge in [-0.15, -0.1) is 12.6 Å². The maximum absolute atomic E-state index is 13.7. The zero-order valence-corrected chi connectivity index (χ0v) is 17.7. The molecule has 1 aliphatic rings. The molecule has 0 saturated carbocycles. The molecule has 166 valence electrons. The number of rotatable bonds is 3. The topological polar surface area (TPSA) is 77.1 Å². The Labute approximate surface area is 180 Å². The van der Waals surface area contributed by atoms with E-state index in [0.717, 1.165) is 10.6 Å². The summed E-state index contributed by atoms with van der Waals surface area (Å²) in [6.07, 6.45) is -4.60. The van der Waals surface area contributed by atoms with Crippen molar-refractivity contribution in [2.75, 3.05) is 31.1 Å². The minimum Gasteiger partial charge on any atom is -0.340 e. The molecule has 1 saturated heterocycles. The minimum absolute atomic E-state index is 0.0233. The predicted molar refractivity (Wildman–Crippen MR) is 114 cm³/mol. The fraction of sp³-hybridized carbons (Fsp3) is 0.421. The number of hydrogen-bond acceptors (Lipinski definition) is 6. The molecule has 4 rings (SSSR count). The molecule has 1 atom stereocenters. The molecule has 12 heteroatoms. The normalized spacial score (nSPS) is 16.1. The molecular weight excluding hydrogens is 433 g/mol. The summed E-state index contributed by atoms with van der Waals surface area (Å²) in [6, 6.07) is 5.11. The second-order valence-corrected chi connectivity index (χ2v) is 7.84. The summed E-state index contributed by atoms with van der Waals surface area (Å²) in [5, 5.41) is 2.05. The number of anilines is 1. The molecule has 1 aromatic carbocycles. The Bertz CT molecular complexity index is 1260. The molecule has 1 fully saturated rings. The summed E-state index contributed by atoms with van der Waals surface area (Å²) in [6.45, 7) is 2.38. The fourth-order valence-corrected chi connectivity index (χ4v) is 4.29. The first-order valence-electron chi connectivity index (χ1n) is 9.60. The van der Waals surface area contributed by atoms with Gasteiger partial charge in [-0.05, 0) is 11.6 Å². The summed E-state index contributed by atoms with van der Waals surface area (Å²) in [4.78, 5) is 31.8. The van der Waals surface area contributed by atoms with Crippen molar-refractivity contribution < 1.29 is 13.2 Å². The number of aromatic nitrogens is 4. The number of fused-ring (bicyclic) bond motifs is 1. The molecule has 0 bridgehead atoms. The number of nitrogens with one attached hydrogen (secondary N) is 1. The molecule has 3 heterocycles. The highest BCUT2D eigenvalue weighted by molar-refractivity contribution is 7.80. The summed E-state index contributed by atoms with van der Waals surface area (Å²) in [5.74, 6) is 0.298. The smallest absolute Gasteiger partial charge is 0.340 e. The molecule has 0 amide bonds. The quantitative estimate of drug-likeness (QED) is 0.585. The van der Waals surface area contributed by atoms with Gasteiger partial charge in [0.2, 0.25) is 5.95 Å². The number of imidazole rings is 1. The van der Waals surface area contributed by atoms with Crippen molar-refractivity contribution in [1.82, 2.24) is 24.0 Å². The van der Waals surface area contributed by atoms with Gasteiger partial charge in [0.05, 0.1) is 5.56 Å². The van der Waals surface area contributed by atoms with Crippen LogP contribution in [0.2, 0.25) is 0 Å². The summed E-state index contributed by atoms with van der Waals surface area (Å²) >= 11 is 4.53. The zero-order valence-electron chi connectivity index (χ0n) is 16.8. The van der Waals surface area contributed by atoms with Gasteiger partial charge in [0.15, 0.2) is 11.2 Å². The first-order valence-corrected chi connectivity index (χ1v) is 10.1. The molecule has 1 unspecified atom stereocenters. The Morgan fingerprint density at radius 2 is 1.74 bits per heavy atom. The fourth-order valence-electron chi connectivity index (χ4n) is 3.84. The average molecular weight is 454 g/mol. The third-order valence-electron chi connectivity index (χ3n) is 5.46. The van der Waals surface area contributed by atoms with E-state index in [-0.39, 0.29) is 16.7 Å². The van der Waals surface area contributed by atoms with E-state index in [1.54, 1.807) is 0 Å². The number of aryl methyl sites for hydroxylation is 1. The highest BCUT2D eigenvalue weighted by atomic mass is 32.1. The second kappa shape index (κ2) is 7.75. The van der Waals surface area contributed by atoms with Crippen molar-refractivity contribution in [3.63, 3.8) is 0 Å². The molecule has 0 aliphatic carbocycles. The van der Waals surface area contributed by atoms with Gasteiger partial charge < -0.3 is 10.2 Å².